The second-order valence-electron chi connectivity index (χ2n) is 4.39. The first-order valence-corrected chi connectivity index (χ1v) is 6.46. The lowest BCUT2D eigenvalue weighted by atomic mass is 10.2. The van der Waals surface area contributed by atoms with Gasteiger partial charge in [-0.3, -0.25) is 5.10 Å². The Morgan fingerprint density at radius 1 is 1.33 bits per heavy atom. The van der Waals surface area contributed by atoms with Crippen LogP contribution in [0.4, 0.5) is 11.8 Å². The average Bonchev–Trinajstić information content (AvgIpc) is 2.78. The van der Waals surface area contributed by atoms with Crippen LogP contribution < -0.4 is 10.6 Å². The summed E-state index contributed by atoms with van der Waals surface area (Å²) in [6.45, 7) is 7.15. The summed E-state index contributed by atoms with van der Waals surface area (Å²) in [4.78, 5) is 8.85. The van der Waals surface area contributed by atoms with Crippen LogP contribution in [0.3, 0.4) is 0 Å². The zero-order chi connectivity index (χ0) is 13.0. The minimum Gasteiger partial charge on any atom is -0.367 e. The lowest BCUT2D eigenvalue weighted by molar-refractivity contribution is 0.688. The second-order valence-corrected chi connectivity index (χ2v) is 4.39. The van der Waals surface area contributed by atoms with Crippen molar-refractivity contribution in [3.05, 3.63) is 6.20 Å². The van der Waals surface area contributed by atoms with Crippen LogP contribution >= 0.6 is 0 Å². The Kier molecular flexibility index (Phi) is 3.96. The number of fused-ring (bicyclic) bond motifs is 1. The summed E-state index contributed by atoms with van der Waals surface area (Å²) in [7, 11) is 0. The molecular formula is C12H20N6. The van der Waals surface area contributed by atoms with E-state index < -0.39 is 0 Å². The van der Waals surface area contributed by atoms with Crippen LogP contribution in [0.2, 0.25) is 0 Å². The molecule has 98 valence electrons. The van der Waals surface area contributed by atoms with Gasteiger partial charge in [-0.15, -0.1) is 0 Å². The number of rotatable bonds is 6. The molecule has 0 aliphatic rings. The first kappa shape index (κ1) is 12.6. The molecule has 0 amide bonds. The predicted octanol–water partition coefficient (Wildman–Crippen LogP) is 2.39. The number of anilines is 2. The van der Waals surface area contributed by atoms with Crippen LogP contribution in [0.25, 0.3) is 11.0 Å². The van der Waals surface area contributed by atoms with Crippen molar-refractivity contribution >= 4 is 22.8 Å². The number of aromatic nitrogens is 4. The lowest BCUT2D eigenvalue weighted by Gasteiger charge is -2.14. The van der Waals surface area contributed by atoms with E-state index in [1.54, 1.807) is 6.20 Å². The number of hydrogen-bond donors (Lipinski definition) is 3. The van der Waals surface area contributed by atoms with Gasteiger partial charge in [-0.2, -0.15) is 15.1 Å². The normalized spacial score (nSPS) is 12.6. The Bertz CT molecular complexity index is 506. The van der Waals surface area contributed by atoms with Crippen LogP contribution in [0.15, 0.2) is 6.20 Å². The first-order chi connectivity index (χ1) is 8.74. The fourth-order valence-electron chi connectivity index (χ4n) is 1.92. The Morgan fingerprint density at radius 3 is 2.89 bits per heavy atom. The van der Waals surface area contributed by atoms with Gasteiger partial charge in [0.15, 0.2) is 5.65 Å². The summed E-state index contributed by atoms with van der Waals surface area (Å²) >= 11 is 0. The third-order valence-corrected chi connectivity index (χ3v) is 2.75. The summed E-state index contributed by atoms with van der Waals surface area (Å²) < 4.78 is 0. The number of aromatic amines is 1. The van der Waals surface area contributed by atoms with Crippen molar-refractivity contribution in [3.8, 4) is 0 Å². The molecule has 6 nitrogen and oxygen atoms in total. The maximum Gasteiger partial charge on any atom is 0.226 e. The molecule has 0 spiro atoms. The summed E-state index contributed by atoms with van der Waals surface area (Å²) in [6, 6.07) is 0.387. The fraction of sp³-hybridized carbons (Fsp3) is 0.583. The topological polar surface area (TPSA) is 78.5 Å². The van der Waals surface area contributed by atoms with Crippen molar-refractivity contribution in [2.75, 3.05) is 17.2 Å². The molecule has 0 aromatic carbocycles. The van der Waals surface area contributed by atoms with Gasteiger partial charge in [-0.05, 0) is 20.3 Å². The van der Waals surface area contributed by atoms with Gasteiger partial charge in [0, 0.05) is 12.6 Å². The molecule has 1 atom stereocenters. The van der Waals surface area contributed by atoms with Crippen LogP contribution in [0, 0.1) is 0 Å². The first-order valence-electron chi connectivity index (χ1n) is 6.46. The quantitative estimate of drug-likeness (QED) is 0.731. The van der Waals surface area contributed by atoms with Crippen LogP contribution in [-0.2, 0) is 0 Å². The highest BCUT2D eigenvalue weighted by atomic mass is 15.2. The Morgan fingerprint density at radius 2 is 2.17 bits per heavy atom. The third-order valence-electron chi connectivity index (χ3n) is 2.75. The van der Waals surface area contributed by atoms with Crippen LogP contribution in [0.5, 0.6) is 0 Å². The molecule has 0 aliphatic carbocycles. The number of nitrogens with one attached hydrogen (secondary N) is 3. The Balaban J connectivity index is 2.31. The molecule has 0 fully saturated rings. The predicted molar refractivity (Wildman–Crippen MR) is 73.8 cm³/mol. The molecule has 0 aliphatic heterocycles. The van der Waals surface area contributed by atoms with E-state index in [1.165, 1.54) is 0 Å². The highest BCUT2D eigenvalue weighted by Crippen LogP contribution is 2.21. The molecule has 0 radical (unpaired) electrons. The van der Waals surface area contributed by atoms with Gasteiger partial charge < -0.3 is 10.6 Å². The van der Waals surface area contributed by atoms with Gasteiger partial charge in [-0.1, -0.05) is 13.3 Å². The van der Waals surface area contributed by atoms with Crippen molar-refractivity contribution < 1.29 is 0 Å². The molecule has 6 heteroatoms. The van der Waals surface area contributed by atoms with E-state index >= 15 is 0 Å². The number of hydrogen-bond acceptors (Lipinski definition) is 5. The van der Waals surface area contributed by atoms with E-state index in [1.807, 2.05) is 6.92 Å². The monoisotopic (exact) mass is 248 g/mol. The maximum atomic E-state index is 4.49. The zero-order valence-corrected chi connectivity index (χ0v) is 11.1. The van der Waals surface area contributed by atoms with Gasteiger partial charge in [0.25, 0.3) is 0 Å². The fourth-order valence-corrected chi connectivity index (χ4v) is 1.92. The summed E-state index contributed by atoms with van der Waals surface area (Å²) in [6.07, 6.45) is 4.01. The van der Waals surface area contributed by atoms with E-state index in [0.717, 1.165) is 36.2 Å². The van der Waals surface area contributed by atoms with E-state index in [4.69, 9.17) is 0 Å². The minimum atomic E-state index is 0.387. The summed E-state index contributed by atoms with van der Waals surface area (Å²) in [5.74, 6) is 1.46. The Hall–Kier alpha value is -1.85. The highest BCUT2D eigenvalue weighted by Gasteiger charge is 2.11. The van der Waals surface area contributed by atoms with Crippen molar-refractivity contribution in [2.24, 2.45) is 0 Å². The standard InChI is InChI=1S/C12H20N6/c1-4-6-8(3)15-10-9-7-14-18-11(9)17-12(16-10)13-5-2/h7-8H,4-6H2,1-3H3,(H3,13,14,15,16,17,18). The van der Waals surface area contributed by atoms with Crippen molar-refractivity contribution in [1.29, 1.82) is 0 Å². The second kappa shape index (κ2) is 5.66. The molecule has 2 aromatic rings. The SMILES string of the molecule is CCCC(C)Nc1nc(NCC)nc2[nH]ncc12. The smallest absolute Gasteiger partial charge is 0.226 e. The third kappa shape index (κ3) is 2.69. The van der Waals surface area contributed by atoms with Gasteiger partial charge >= 0.3 is 0 Å². The van der Waals surface area contributed by atoms with E-state index in [9.17, 15) is 0 Å². The molecule has 1 unspecified atom stereocenters. The van der Waals surface area contributed by atoms with Gasteiger partial charge in [-0.25, -0.2) is 0 Å². The van der Waals surface area contributed by atoms with Crippen molar-refractivity contribution in [3.63, 3.8) is 0 Å². The van der Waals surface area contributed by atoms with Crippen LogP contribution in [0.1, 0.15) is 33.6 Å². The zero-order valence-electron chi connectivity index (χ0n) is 11.1. The van der Waals surface area contributed by atoms with Gasteiger partial charge in [0.05, 0.1) is 11.6 Å². The average molecular weight is 248 g/mol. The number of nitrogens with zero attached hydrogens (tertiary/aromatic N) is 3. The van der Waals surface area contributed by atoms with E-state index in [2.05, 4.69) is 44.6 Å². The molecule has 3 N–H and O–H groups in total. The molecule has 0 saturated carbocycles. The van der Waals surface area contributed by atoms with Gasteiger partial charge in [0.2, 0.25) is 5.95 Å². The lowest BCUT2D eigenvalue weighted by Crippen LogP contribution is -2.16. The number of H-pyrrole nitrogens is 1. The van der Waals surface area contributed by atoms with Gasteiger partial charge in [0.1, 0.15) is 5.82 Å². The molecule has 18 heavy (non-hydrogen) atoms. The molecule has 2 rings (SSSR count). The largest absolute Gasteiger partial charge is 0.367 e. The van der Waals surface area contributed by atoms with E-state index in [-0.39, 0.29) is 0 Å². The molecule has 2 heterocycles. The maximum absolute atomic E-state index is 4.49. The highest BCUT2D eigenvalue weighted by molar-refractivity contribution is 5.87. The van der Waals surface area contributed by atoms with Crippen molar-refractivity contribution in [2.45, 2.75) is 39.7 Å². The van der Waals surface area contributed by atoms with E-state index in [0.29, 0.717) is 12.0 Å². The molecule has 0 bridgehead atoms. The van der Waals surface area contributed by atoms with Crippen molar-refractivity contribution in [1.82, 2.24) is 20.2 Å². The minimum absolute atomic E-state index is 0.387. The summed E-state index contributed by atoms with van der Waals surface area (Å²) in [5, 5.41) is 14.4. The molecule has 2 aromatic heterocycles. The van der Waals surface area contributed by atoms with Crippen LogP contribution in [-0.4, -0.2) is 32.8 Å². The molecular weight excluding hydrogens is 228 g/mol. The molecule has 0 saturated heterocycles. The Labute approximate surface area is 107 Å². The summed E-state index contributed by atoms with van der Waals surface area (Å²) in [5.41, 5.74) is 0.757.